The average Bonchev–Trinajstić information content (AvgIpc) is 2.94. The first kappa shape index (κ1) is 18.1. The lowest BCUT2D eigenvalue weighted by atomic mass is 9.83. The quantitative estimate of drug-likeness (QED) is 0.665. The summed E-state index contributed by atoms with van der Waals surface area (Å²) < 4.78 is 20.6. The predicted molar refractivity (Wildman–Crippen MR) is 98.9 cm³/mol. The van der Waals surface area contributed by atoms with Crippen LogP contribution in [0.2, 0.25) is 13.1 Å². The van der Waals surface area contributed by atoms with Crippen LogP contribution in [0.15, 0.2) is 23.7 Å². The van der Waals surface area contributed by atoms with Crippen molar-refractivity contribution in [3.05, 3.63) is 45.7 Å². The summed E-state index contributed by atoms with van der Waals surface area (Å²) in [5.41, 5.74) is 1.72. The van der Waals surface area contributed by atoms with Gasteiger partial charge >= 0.3 is 0 Å². The molecule has 0 saturated heterocycles. The summed E-state index contributed by atoms with van der Waals surface area (Å²) in [6, 6.07) is 3.26. The molecule has 126 valence electrons. The maximum Gasteiger partial charge on any atom is 0.229 e. The first-order valence-corrected chi connectivity index (χ1v) is 11.8. The van der Waals surface area contributed by atoms with Crippen molar-refractivity contribution in [1.29, 1.82) is 0 Å². The third-order valence-corrected chi connectivity index (χ3v) is 5.37. The highest BCUT2D eigenvalue weighted by molar-refractivity contribution is 7.09. The summed E-state index contributed by atoms with van der Waals surface area (Å²) in [4.78, 5) is 4.46. The van der Waals surface area contributed by atoms with Crippen LogP contribution in [0, 0.1) is 5.82 Å². The average molecular weight is 352 g/mol. The molecular formula is C18H26FNOSSi. The van der Waals surface area contributed by atoms with Crippen molar-refractivity contribution < 1.29 is 8.82 Å². The van der Waals surface area contributed by atoms with Crippen molar-refractivity contribution in [2.24, 2.45) is 0 Å². The molecule has 1 aromatic heterocycles. The Morgan fingerprint density at radius 2 is 2.00 bits per heavy atom. The Balaban J connectivity index is 2.67. The molecule has 5 heteroatoms. The van der Waals surface area contributed by atoms with Gasteiger partial charge in [-0.15, -0.1) is 11.3 Å². The molecular weight excluding hydrogens is 325 g/mol. The first-order valence-electron chi connectivity index (χ1n) is 8.14. The lowest BCUT2D eigenvalue weighted by molar-refractivity contribution is 0.499. The first-order chi connectivity index (χ1) is 10.7. The van der Waals surface area contributed by atoms with Gasteiger partial charge in [-0.25, -0.2) is 9.37 Å². The minimum Gasteiger partial charge on any atom is -0.547 e. The van der Waals surface area contributed by atoms with Crippen molar-refractivity contribution in [3.8, 4) is 5.75 Å². The van der Waals surface area contributed by atoms with Gasteiger partial charge in [0, 0.05) is 28.6 Å². The minimum atomic E-state index is -1.31. The highest BCUT2D eigenvalue weighted by atomic mass is 32.1. The van der Waals surface area contributed by atoms with E-state index in [1.54, 1.807) is 23.5 Å². The van der Waals surface area contributed by atoms with Crippen LogP contribution < -0.4 is 4.43 Å². The molecule has 1 atom stereocenters. The zero-order chi connectivity index (χ0) is 17.2. The summed E-state index contributed by atoms with van der Waals surface area (Å²) in [5, 5.41) is 2.99. The molecule has 1 aromatic carbocycles. The number of rotatable bonds is 5. The van der Waals surface area contributed by atoms with Crippen LogP contribution in [-0.4, -0.2) is 14.0 Å². The van der Waals surface area contributed by atoms with Gasteiger partial charge in [-0.2, -0.15) is 0 Å². The number of thiazole rings is 1. The third kappa shape index (κ3) is 4.21. The maximum absolute atomic E-state index is 14.4. The molecule has 1 unspecified atom stereocenters. The lowest BCUT2D eigenvalue weighted by Gasteiger charge is -2.28. The Hall–Kier alpha value is -1.20. The van der Waals surface area contributed by atoms with Gasteiger partial charge in [0.1, 0.15) is 16.6 Å². The number of nitrogens with zero attached hydrogens (tertiary/aromatic N) is 1. The van der Waals surface area contributed by atoms with E-state index in [-0.39, 0.29) is 17.2 Å². The van der Waals surface area contributed by atoms with Crippen molar-refractivity contribution in [2.75, 3.05) is 0 Å². The van der Waals surface area contributed by atoms with Crippen molar-refractivity contribution >= 4 is 20.4 Å². The van der Waals surface area contributed by atoms with Crippen LogP contribution in [-0.2, 0) is 5.41 Å². The Kier molecular flexibility index (Phi) is 5.63. The van der Waals surface area contributed by atoms with E-state index in [1.807, 2.05) is 11.6 Å². The molecule has 2 rings (SSSR count). The zero-order valence-electron chi connectivity index (χ0n) is 14.8. The molecule has 0 bridgehead atoms. The Morgan fingerprint density at radius 3 is 2.48 bits per heavy atom. The second-order valence-electron chi connectivity index (χ2n) is 7.12. The van der Waals surface area contributed by atoms with Gasteiger partial charge in [0.2, 0.25) is 9.04 Å². The van der Waals surface area contributed by atoms with Crippen LogP contribution in [0.3, 0.4) is 0 Å². The molecule has 0 aliphatic rings. The molecule has 0 radical (unpaired) electrons. The summed E-state index contributed by atoms with van der Waals surface area (Å²) in [7, 11) is -1.31. The highest BCUT2D eigenvalue weighted by Gasteiger charge is 2.28. The van der Waals surface area contributed by atoms with E-state index >= 15 is 0 Å². The Bertz CT molecular complexity index is 650. The lowest BCUT2D eigenvalue weighted by Crippen LogP contribution is -2.21. The Morgan fingerprint density at radius 1 is 1.30 bits per heavy atom. The second-order valence-corrected chi connectivity index (χ2v) is 10.4. The van der Waals surface area contributed by atoms with E-state index in [2.05, 4.69) is 45.8 Å². The third-order valence-electron chi connectivity index (χ3n) is 3.78. The van der Waals surface area contributed by atoms with Crippen LogP contribution in [0.5, 0.6) is 5.75 Å². The second kappa shape index (κ2) is 7.14. The molecule has 0 spiro atoms. The van der Waals surface area contributed by atoms with E-state index in [1.165, 1.54) is 0 Å². The van der Waals surface area contributed by atoms with E-state index in [0.717, 1.165) is 28.3 Å². The predicted octanol–water partition coefficient (Wildman–Crippen LogP) is 5.48. The van der Waals surface area contributed by atoms with Gasteiger partial charge in [-0.1, -0.05) is 27.7 Å². The molecule has 23 heavy (non-hydrogen) atoms. The molecule has 0 amide bonds. The molecule has 0 saturated carbocycles. The molecule has 0 aliphatic heterocycles. The summed E-state index contributed by atoms with van der Waals surface area (Å²) in [6.45, 7) is 12.7. The summed E-state index contributed by atoms with van der Waals surface area (Å²) >= 11 is 1.62. The zero-order valence-corrected chi connectivity index (χ0v) is 16.8. The fourth-order valence-electron chi connectivity index (χ4n) is 2.73. The van der Waals surface area contributed by atoms with E-state index < -0.39 is 9.04 Å². The highest BCUT2D eigenvalue weighted by Crippen LogP contribution is 2.42. The van der Waals surface area contributed by atoms with Crippen LogP contribution in [0.25, 0.3) is 0 Å². The monoisotopic (exact) mass is 351 g/mol. The SMILES string of the molecule is CCC(c1nccs1)c1cc(F)cc(C(C)(C)C)c1O[SiH](C)C. The smallest absolute Gasteiger partial charge is 0.229 e. The van der Waals surface area contributed by atoms with Crippen molar-refractivity contribution in [3.63, 3.8) is 0 Å². The standard InChI is InChI=1S/C18H26FNOSSi/c1-7-13(17-20-8-9-22-17)14-10-12(19)11-15(18(2,3)4)16(14)21-23(5)6/h8-11,13,23H,7H2,1-6H3. The molecule has 0 N–H and O–H groups in total. The fourth-order valence-corrected chi connectivity index (χ4v) is 4.31. The molecule has 1 heterocycles. The topological polar surface area (TPSA) is 22.1 Å². The van der Waals surface area contributed by atoms with Gasteiger partial charge in [0.25, 0.3) is 0 Å². The Labute approximate surface area is 144 Å². The van der Waals surface area contributed by atoms with Gasteiger partial charge < -0.3 is 4.43 Å². The minimum absolute atomic E-state index is 0.0783. The van der Waals surface area contributed by atoms with Crippen LogP contribution >= 0.6 is 11.3 Å². The summed E-state index contributed by atoms with van der Waals surface area (Å²) in [6.07, 6.45) is 2.68. The van der Waals surface area contributed by atoms with Gasteiger partial charge in [0.15, 0.2) is 0 Å². The summed E-state index contributed by atoms with van der Waals surface area (Å²) in [5.74, 6) is 0.759. The largest absolute Gasteiger partial charge is 0.547 e. The van der Waals surface area contributed by atoms with E-state index in [0.29, 0.717) is 0 Å². The number of hydrogen-bond donors (Lipinski definition) is 0. The fraction of sp³-hybridized carbons (Fsp3) is 0.500. The number of aromatic nitrogens is 1. The number of halogens is 1. The molecule has 2 nitrogen and oxygen atoms in total. The van der Waals surface area contributed by atoms with Crippen molar-refractivity contribution in [2.45, 2.75) is 58.5 Å². The van der Waals surface area contributed by atoms with E-state index in [4.69, 9.17) is 4.43 Å². The van der Waals surface area contributed by atoms with Crippen LogP contribution in [0.4, 0.5) is 4.39 Å². The number of hydrogen-bond acceptors (Lipinski definition) is 3. The maximum atomic E-state index is 14.4. The molecule has 0 aliphatic carbocycles. The van der Waals surface area contributed by atoms with Crippen molar-refractivity contribution in [1.82, 2.24) is 4.98 Å². The molecule has 0 fully saturated rings. The van der Waals surface area contributed by atoms with Gasteiger partial charge in [0.05, 0.1) is 0 Å². The van der Waals surface area contributed by atoms with Gasteiger partial charge in [-0.3, -0.25) is 0 Å². The number of benzene rings is 1. The molecule has 2 aromatic rings. The van der Waals surface area contributed by atoms with E-state index in [9.17, 15) is 4.39 Å². The van der Waals surface area contributed by atoms with Crippen LogP contribution in [0.1, 0.15) is 56.2 Å². The van der Waals surface area contributed by atoms with Gasteiger partial charge in [-0.05, 0) is 37.1 Å². The normalized spacial score (nSPS) is 13.4.